The Bertz CT molecular complexity index is 540. The SMILES string of the molecule is COCn1c(Sc2ccc(C)cc2)nc(Cl)c1Cl. The fraction of sp³-hybridized carbons (Fsp3) is 0.250. The molecule has 0 fully saturated rings. The average Bonchev–Trinajstić information content (AvgIpc) is 2.61. The van der Waals surface area contributed by atoms with Gasteiger partial charge in [0.15, 0.2) is 15.5 Å². The average molecular weight is 303 g/mol. The van der Waals surface area contributed by atoms with Gasteiger partial charge in [0.1, 0.15) is 6.73 Å². The standard InChI is InChI=1S/C12H12Cl2N2OS/c1-8-3-5-9(6-4-8)18-12-15-10(13)11(14)16(12)7-17-2/h3-6H,7H2,1-2H3. The number of aromatic nitrogens is 2. The highest BCUT2D eigenvalue weighted by Crippen LogP contribution is 2.32. The van der Waals surface area contributed by atoms with Crippen molar-refractivity contribution in [2.45, 2.75) is 23.7 Å². The number of nitrogens with zero attached hydrogens (tertiary/aromatic N) is 2. The number of halogens is 2. The maximum absolute atomic E-state index is 6.06. The molecule has 0 unspecified atom stereocenters. The highest BCUT2D eigenvalue weighted by Gasteiger charge is 2.14. The molecule has 96 valence electrons. The quantitative estimate of drug-likeness (QED) is 0.844. The van der Waals surface area contributed by atoms with Crippen molar-refractivity contribution < 1.29 is 4.74 Å². The zero-order valence-electron chi connectivity index (χ0n) is 9.98. The van der Waals surface area contributed by atoms with Gasteiger partial charge in [0.2, 0.25) is 0 Å². The molecule has 0 saturated heterocycles. The smallest absolute Gasteiger partial charge is 0.177 e. The van der Waals surface area contributed by atoms with Crippen molar-refractivity contribution in [3.8, 4) is 0 Å². The van der Waals surface area contributed by atoms with Gasteiger partial charge in [0, 0.05) is 12.0 Å². The molecule has 1 heterocycles. The Kier molecular flexibility index (Phi) is 4.56. The van der Waals surface area contributed by atoms with Crippen molar-refractivity contribution >= 4 is 35.0 Å². The van der Waals surface area contributed by atoms with Crippen LogP contribution in [-0.2, 0) is 11.5 Å². The van der Waals surface area contributed by atoms with Crippen molar-refractivity contribution in [3.05, 3.63) is 40.1 Å². The van der Waals surface area contributed by atoms with Crippen LogP contribution in [0.25, 0.3) is 0 Å². The number of hydrogen-bond acceptors (Lipinski definition) is 3. The first-order chi connectivity index (χ1) is 8.61. The van der Waals surface area contributed by atoms with E-state index in [9.17, 15) is 0 Å². The number of rotatable bonds is 4. The van der Waals surface area contributed by atoms with E-state index in [4.69, 9.17) is 27.9 Å². The Morgan fingerprint density at radius 1 is 1.28 bits per heavy atom. The van der Waals surface area contributed by atoms with Crippen LogP contribution in [-0.4, -0.2) is 16.7 Å². The molecular formula is C12H12Cl2N2OS. The molecule has 0 aliphatic rings. The molecule has 18 heavy (non-hydrogen) atoms. The summed E-state index contributed by atoms with van der Waals surface area (Å²) in [4.78, 5) is 5.31. The molecule has 3 nitrogen and oxygen atoms in total. The highest BCUT2D eigenvalue weighted by atomic mass is 35.5. The summed E-state index contributed by atoms with van der Waals surface area (Å²) >= 11 is 13.5. The zero-order chi connectivity index (χ0) is 13.1. The Morgan fingerprint density at radius 3 is 2.56 bits per heavy atom. The van der Waals surface area contributed by atoms with Gasteiger partial charge >= 0.3 is 0 Å². The minimum atomic E-state index is 0.295. The minimum absolute atomic E-state index is 0.295. The fourth-order valence-corrected chi connectivity index (χ4v) is 2.74. The van der Waals surface area contributed by atoms with E-state index in [1.165, 1.54) is 17.3 Å². The van der Waals surface area contributed by atoms with E-state index >= 15 is 0 Å². The van der Waals surface area contributed by atoms with E-state index in [0.29, 0.717) is 17.0 Å². The van der Waals surface area contributed by atoms with Crippen LogP contribution in [0.5, 0.6) is 0 Å². The lowest BCUT2D eigenvalue weighted by atomic mass is 10.2. The number of benzene rings is 1. The van der Waals surface area contributed by atoms with Crippen LogP contribution >= 0.6 is 35.0 Å². The second-order valence-corrected chi connectivity index (χ2v) is 5.49. The highest BCUT2D eigenvalue weighted by molar-refractivity contribution is 7.99. The molecule has 2 aromatic rings. The molecule has 0 bridgehead atoms. The van der Waals surface area contributed by atoms with Gasteiger partial charge in [-0.2, -0.15) is 0 Å². The largest absolute Gasteiger partial charge is 0.364 e. The van der Waals surface area contributed by atoms with Crippen molar-refractivity contribution in [2.75, 3.05) is 7.11 Å². The molecule has 6 heteroatoms. The van der Waals surface area contributed by atoms with Gasteiger partial charge in [0.25, 0.3) is 0 Å². The van der Waals surface area contributed by atoms with Crippen LogP contribution in [0.4, 0.5) is 0 Å². The fourth-order valence-electron chi connectivity index (χ4n) is 1.42. The van der Waals surface area contributed by atoms with Crippen LogP contribution in [0.1, 0.15) is 5.56 Å². The predicted octanol–water partition coefficient (Wildman–Crippen LogP) is 4.25. The second kappa shape index (κ2) is 5.97. The summed E-state index contributed by atoms with van der Waals surface area (Å²) in [6.45, 7) is 2.38. The normalized spacial score (nSPS) is 10.9. The molecule has 0 saturated carbocycles. The van der Waals surface area contributed by atoms with Crippen LogP contribution in [0.2, 0.25) is 10.3 Å². The van der Waals surface area contributed by atoms with Crippen molar-refractivity contribution in [1.29, 1.82) is 0 Å². The molecule has 0 amide bonds. The number of ether oxygens (including phenoxy) is 1. The lowest BCUT2D eigenvalue weighted by Gasteiger charge is -2.07. The summed E-state index contributed by atoms with van der Waals surface area (Å²) in [6.07, 6.45) is 0. The molecule has 0 N–H and O–H groups in total. The van der Waals surface area contributed by atoms with E-state index in [1.54, 1.807) is 11.7 Å². The van der Waals surface area contributed by atoms with Crippen molar-refractivity contribution in [3.63, 3.8) is 0 Å². The van der Waals surface area contributed by atoms with Gasteiger partial charge in [0.05, 0.1) is 0 Å². The van der Waals surface area contributed by atoms with E-state index in [0.717, 1.165) is 10.1 Å². The minimum Gasteiger partial charge on any atom is -0.364 e. The summed E-state index contributed by atoms with van der Waals surface area (Å²) in [5, 5.41) is 1.41. The third kappa shape index (κ3) is 3.01. The second-order valence-electron chi connectivity index (χ2n) is 3.74. The third-order valence-electron chi connectivity index (χ3n) is 2.32. The summed E-state index contributed by atoms with van der Waals surface area (Å²) in [6, 6.07) is 8.17. The van der Waals surface area contributed by atoms with Gasteiger partial charge in [-0.05, 0) is 19.1 Å². The third-order valence-corrected chi connectivity index (χ3v) is 4.07. The summed E-state index contributed by atoms with van der Waals surface area (Å²) in [7, 11) is 1.60. The summed E-state index contributed by atoms with van der Waals surface area (Å²) in [5.74, 6) is 0. The number of hydrogen-bond donors (Lipinski definition) is 0. The van der Waals surface area contributed by atoms with Crippen molar-refractivity contribution in [2.24, 2.45) is 0 Å². The summed E-state index contributed by atoms with van der Waals surface area (Å²) < 4.78 is 6.82. The lowest BCUT2D eigenvalue weighted by Crippen LogP contribution is -2.01. The Hall–Kier alpha value is -0.680. The molecule has 0 spiro atoms. The molecule has 2 rings (SSSR count). The molecule has 0 aliphatic heterocycles. The first kappa shape index (κ1) is 13.7. The first-order valence-corrected chi connectivity index (χ1v) is 6.84. The number of methoxy groups -OCH3 is 1. The van der Waals surface area contributed by atoms with Gasteiger partial charge < -0.3 is 4.74 Å². The van der Waals surface area contributed by atoms with E-state index in [1.807, 2.05) is 19.1 Å². The van der Waals surface area contributed by atoms with Crippen molar-refractivity contribution in [1.82, 2.24) is 9.55 Å². The molecule has 0 radical (unpaired) electrons. The van der Waals surface area contributed by atoms with Gasteiger partial charge in [-0.15, -0.1) is 0 Å². The monoisotopic (exact) mass is 302 g/mol. The van der Waals surface area contributed by atoms with Crippen LogP contribution in [0, 0.1) is 6.92 Å². The molecule has 1 aromatic carbocycles. The number of imidazole rings is 1. The van der Waals surface area contributed by atoms with E-state index in [2.05, 4.69) is 17.1 Å². The van der Waals surface area contributed by atoms with Crippen LogP contribution in [0.3, 0.4) is 0 Å². The molecule has 1 aromatic heterocycles. The molecule has 0 aliphatic carbocycles. The Labute approximate surface area is 120 Å². The molecular weight excluding hydrogens is 291 g/mol. The van der Waals surface area contributed by atoms with Gasteiger partial charge in [-0.3, -0.25) is 4.57 Å². The Morgan fingerprint density at radius 2 is 1.94 bits per heavy atom. The van der Waals surface area contributed by atoms with Gasteiger partial charge in [-0.1, -0.05) is 52.7 Å². The maximum Gasteiger partial charge on any atom is 0.177 e. The van der Waals surface area contributed by atoms with Crippen LogP contribution < -0.4 is 0 Å². The Balaban J connectivity index is 2.28. The topological polar surface area (TPSA) is 27.1 Å². The number of aryl methyl sites for hydroxylation is 1. The van der Waals surface area contributed by atoms with E-state index < -0.39 is 0 Å². The van der Waals surface area contributed by atoms with E-state index in [-0.39, 0.29) is 0 Å². The predicted molar refractivity (Wildman–Crippen MR) is 74.6 cm³/mol. The molecule has 0 atom stereocenters. The zero-order valence-corrected chi connectivity index (χ0v) is 12.3. The lowest BCUT2D eigenvalue weighted by molar-refractivity contribution is 0.124. The maximum atomic E-state index is 6.06. The first-order valence-electron chi connectivity index (χ1n) is 5.27. The summed E-state index contributed by atoms with van der Waals surface area (Å²) in [5.41, 5.74) is 1.22. The van der Waals surface area contributed by atoms with Gasteiger partial charge in [-0.25, -0.2) is 4.98 Å². The van der Waals surface area contributed by atoms with Crippen LogP contribution in [0.15, 0.2) is 34.3 Å².